The highest BCUT2D eigenvalue weighted by molar-refractivity contribution is 6.05. The second kappa shape index (κ2) is 9.24. The van der Waals surface area contributed by atoms with Crippen LogP contribution in [0.4, 0.5) is 5.69 Å². The fourth-order valence-corrected chi connectivity index (χ4v) is 2.66. The molecule has 0 aliphatic heterocycles. The summed E-state index contributed by atoms with van der Waals surface area (Å²) in [6.07, 6.45) is 5.57. The van der Waals surface area contributed by atoms with Crippen molar-refractivity contribution in [2.45, 2.75) is 6.42 Å². The molecule has 29 heavy (non-hydrogen) atoms. The smallest absolute Gasteiger partial charge is 0.272 e. The van der Waals surface area contributed by atoms with E-state index in [1.165, 1.54) is 12.3 Å². The lowest BCUT2D eigenvalue weighted by Gasteiger charge is -2.17. The van der Waals surface area contributed by atoms with Gasteiger partial charge in [0.1, 0.15) is 5.69 Å². The molecule has 0 aliphatic rings. The van der Waals surface area contributed by atoms with Gasteiger partial charge in [-0.3, -0.25) is 19.6 Å². The molecule has 144 valence electrons. The Morgan fingerprint density at radius 2 is 1.79 bits per heavy atom. The predicted octanol–water partition coefficient (Wildman–Crippen LogP) is 2.92. The maximum absolute atomic E-state index is 12.7. The standard InChI is InChI=1S/C22H19N5O2/c1-27(13-9-16-6-10-24-11-7-16)22(29)20-14-18(8-12-25-20)21(28)26-19-4-2-17(15-23)3-5-19/h2-8,10-12,14H,9,13H2,1H3,(H,26,28). The third-order valence-corrected chi connectivity index (χ3v) is 4.35. The molecule has 0 unspecified atom stereocenters. The number of nitriles is 1. The molecule has 0 saturated heterocycles. The zero-order valence-corrected chi connectivity index (χ0v) is 15.9. The molecule has 0 radical (unpaired) electrons. The van der Waals surface area contributed by atoms with Crippen LogP contribution in [-0.4, -0.2) is 40.3 Å². The lowest BCUT2D eigenvalue weighted by molar-refractivity contribution is 0.0791. The van der Waals surface area contributed by atoms with E-state index in [-0.39, 0.29) is 17.5 Å². The van der Waals surface area contributed by atoms with Crippen LogP contribution >= 0.6 is 0 Å². The first-order valence-corrected chi connectivity index (χ1v) is 8.99. The number of hydrogen-bond donors (Lipinski definition) is 1. The number of amides is 2. The summed E-state index contributed by atoms with van der Waals surface area (Å²) >= 11 is 0. The van der Waals surface area contributed by atoms with Gasteiger partial charge in [-0.05, 0) is 60.5 Å². The fourth-order valence-electron chi connectivity index (χ4n) is 2.66. The molecular weight excluding hydrogens is 366 g/mol. The molecule has 0 atom stereocenters. The SMILES string of the molecule is CN(CCc1ccncc1)C(=O)c1cc(C(=O)Nc2ccc(C#N)cc2)ccn1. The van der Waals surface area contributed by atoms with Gasteiger partial charge in [-0.25, -0.2) is 0 Å². The average molecular weight is 385 g/mol. The molecule has 7 nitrogen and oxygen atoms in total. The first-order valence-electron chi connectivity index (χ1n) is 8.99. The molecule has 0 aliphatic carbocycles. The lowest BCUT2D eigenvalue weighted by Crippen LogP contribution is -2.29. The molecular formula is C22H19N5O2. The number of nitrogens with one attached hydrogen (secondary N) is 1. The van der Waals surface area contributed by atoms with Gasteiger partial charge in [-0.1, -0.05) is 0 Å². The highest BCUT2D eigenvalue weighted by Gasteiger charge is 2.16. The highest BCUT2D eigenvalue weighted by Crippen LogP contribution is 2.12. The number of benzene rings is 1. The average Bonchev–Trinajstić information content (AvgIpc) is 2.78. The Balaban J connectivity index is 1.65. The summed E-state index contributed by atoms with van der Waals surface area (Å²) in [6.45, 7) is 0.520. The van der Waals surface area contributed by atoms with Crippen LogP contribution in [-0.2, 0) is 6.42 Å². The zero-order chi connectivity index (χ0) is 20.6. The second-order valence-corrected chi connectivity index (χ2v) is 6.41. The van der Waals surface area contributed by atoms with Crippen LogP contribution in [0.2, 0.25) is 0 Å². The van der Waals surface area contributed by atoms with Crippen molar-refractivity contribution in [3.63, 3.8) is 0 Å². The van der Waals surface area contributed by atoms with Crippen LogP contribution < -0.4 is 5.32 Å². The number of hydrogen-bond acceptors (Lipinski definition) is 5. The van der Waals surface area contributed by atoms with E-state index in [2.05, 4.69) is 15.3 Å². The Bertz CT molecular complexity index is 1040. The van der Waals surface area contributed by atoms with E-state index >= 15 is 0 Å². The van der Waals surface area contributed by atoms with Crippen molar-refractivity contribution >= 4 is 17.5 Å². The van der Waals surface area contributed by atoms with Gasteiger partial charge in [0.15, 0.2) is 0 Å². The first-order chi connectivity index (χ1) is 14.1. The lowest BCUT2D eigenvalue weighted by atomic mass is 10.1. The van der Waals surface area contributed by atoms with E-state index in [9.17, 15) is 9.59 Å². The van der Waals surface area contributed by atoms with Gasteiger partial charge in [0.25, 0.3) is 11.8 Å². The minimum Gasteiger partial charge on any atom is -0.340 e. The molecule has 1 aromatic carbocycles. The number of aromatic nitrogens is 2. The Morgan fingerprint density at radius 1 is 1.07 bits per heavy atom. The normalized spacial score (nSPS) is 10.1. The number of likely N-dealkylation sites (N-methyl/N-ethyl adjacent to an activating group) is 1. The molecule has 2 heterocycles. The number of carbonyl (C=O) groups is 2. The third kappa shape index (κ3) is 5.23. The number of anilines is 1. The first kappa shape index (κ1) is 19.7. The van der Waals surface area contributed by atoms with E-state index in [0.29, 0.717) is 29.8 Å². The van der Waals surface area contributed by atoms with Crippen LogP contribution in [0, 0.1) is 11.3 Å². The van der Waals surface area contributed by atoms with E-state index in [4.69, 9.17) is 5.26 Å². The molecule has 3 rings (SSSR count). The highest BCUT2D eigenvalue weighted by atomic mass is 16.2. The molecule has 0 fully saturated rings. The van der Waals surface area contributed by atoms with Gasteiger partial charge in [0, 0.05) is 43.4 Å². The van der Waals surface area contributed by atoms with Gasteiger partial charge < -0.3 is 10.2 Å². The van der Waals surface area contributed by atoms with Gasteiger partial charge in [-0.15, -0.1) is 0 Å². The monoisotopic (exact) mass is 385 g/mol. The van der Waals surface area contributed by atoms with E-state index in [1.807, 2.05) is 18.2 Å². The topological polar surface area (TPSA) is 99.0 Å². The van der Waals surface area contributed by atoms with Gasteiger partial charge >= 0.3 is 0 Å². The van der Waals surface area contributed by atoms with E-state index in [0.717, 1.165) is 5.56 Å². The van der Waals surface area contributed by atoms with Crippen molar-refractivity contribution < 1.29 is 9.59 Å². The summed E-state index contributed by atoms with van der Waals surface area (Å²) in [5, 5.41) is 11.6. The predicted molar refractivity (Wildman–Crippen MR) is 108 cm³/mol. The zero-order valence-electron chi connectivity index (χ0n) is 15.9. The fraction of sp³-hybridized carbons (Fsp3) is 0.136. The van der Waals surface area contributed by atoms with Crippen molar-refractivity contribution in [1.29, 1.82) is 5.26 Å². The molecule has 7 heteroatoms. The molecule has 3 aromatic rings. The summed E-state index contributed by atoms with van der Waals surface area (Å²) in [6, 6.07) is 15.4. The number of pyridine rings is 2. The Kier molecular flexibility index (Phi) is 6.28. The summed E-state index contributed by atoms with van der Waals surface area (Å²) in [5.41, 5.74) is 2.69. The molecule has 2 aromatic heterocycles. The Morgan fingerprint density at radius 3 is 2.48 bits per heavy atom. The van der Waals surface area contributed by atoms with E-state index in [1.54, 1.807) is 54.7 Å². The molecule has 1 N–H and O–H groups in total. The maximum atomic E-state index is 12.7. The molecule has 2 amide bonds. The summed E-state index contributed by atoms with van der Waals surface area (Å²) in [5.74, 6) is -0.613. The Hall–Kier alpha value is -4.05. The molecule has 0 spiro atoms. The minimum absolute atomic E-state index is 0.203. The summed E-state index contributed by atoms with van der Waals surface area (Å²) in [7, 11) is 1.70. The van der Waals surface area contributed by atoms with E-state index < -0.39 is 0 Å². The van der Waals surface area contributed by atoms with Crippen LogP contribution in [0.3, 0.4) is 0 Å². The number of rotatable bonds is 6. The van der Waals surface area contributed by atoms with Gasteiger partial charge in [0.2, 0.25) is 0 Å². The van der Waals surface area contributed by atoms with Crippen molar-refractivity contribution in [1.82, 2.24) is 14.9 Å². The van der Waals surface area contributed by atoms with Crippen molar-refractivity contribution in [2.24, 2.45) is 0 Å². The minimum atomic E-state index is -0.356. The number of carbonyl (C=O) groups excluding carboxylic acids is 2. The third-order valence-electron chi connectivity index (χ3n) is 4.35. The molecule has 0 bridgehead atoms. The van der Waals surface area contributed by atoms with Crippen molar-refractivity contribution in [3.05, 3.63) is 89.5 Å². The second-order valence-electron chi connectivity index (χ2n) is 6.41. The van der Waals surface area contributed by atoms with Crippen molar-refractivity contribution in [3.8, 4) is 6.07 Å². The molecule has 0 saturated carbocycles. The quantitative estimate of drug-likeness (QED) is 0.703. The van der Waals surface area contributed by atoms with Gasteiger partial charge in [-0.2, -0.15) is 5.26 Å². The van der Waals surface area contributed by atoms with Crippen LogP contribution in [0.1, 0.15) is 32.0 Å². The summed E-state index contributed by atoms with van der Waals surface area (Å²) in [4.78, 5) is 34.8. The largest absolute Gasteiger partial charge is 0.340 e. The van der Waals surface area contributed by atoms with Crippen LogP contribution in [0.25, 0.3) is 0 Å². The van der Waals surface area contributed by atoms with Crippen molar-refractivity contribution in [2.75, 3.05) is 18.9 Å². The van der Waals surface area contributed by atoms with Crippen LogP contribution in [0.5, 0.6) is 0 Å². The number of nitrogens with zero attached hydrogens (tertiary/aromatic N) is 4. The summed E-state index contributed by atoms with van der Waals surface area (Å²) < 4.78 is 0. The van der Waals surface area contributed by atoms with Crippen LogP contribution in [0.15, 0.2) is 67.1 Å². The Labute approximate surface area is 168 Å². The maximum Gasteiger partial charge on any atom is 0.272 e. The van der Waals surface area contributed by atoms with Gasteiger partial charge in [0.05, 0.1) is 11.6 Å².